The Bertz CT molecular complexity index is 158. The van der Waals surface area contributed by atoms with E-state index in [4.69, 9.17) is 4.74 Å². The van der Waals surface area contributed by atoms with Gasteiger partial charge >= 0.3 is 0 Å². The van der Waals surface area contributed by atoms with E-state index in [0.29, 0.717) is 11.8 Å². The highest BCUT2D eigenvalue weighted by Gasteiger charge is 2.45. The van der Waals surface area contributed by atoms with Gasteiger partial charge in [0.1, 0.15) is 0 Å². The monoisotopic (exact) mass is 170 g/mol. The molecule has 2 bridgehead atoms. The minimum absolute atomic E-state index is 0.0193. The van der Waals surface area contributed by atoms with Crippen molar-refractivity contribution in [2.24, 2.45) is 17.8 Å². The molecule has 4 unspecified atom stereocenters. The summed E-state index contributed by atoms with van der Waals surface area (Å²) in [5.74, 6) is 2.01. The van der Waals surface area contributed by atoms with Gasteiger partial charge in [0.25, 0.3) is 0 Å². The van der Waals surface area contributed by atoms with E-state index in [1.165, 1.54) is 12.8 Å². The Morgan fingerprint density at radius 1 is 1.33 bits per heavy atom. The maximum atomic E-state index is 9.63. The normalized spacial score (nSPS) is 45.5. The summed E-state index contributed by atoms with van der Waals surface area (Å²) in [5, 5.41) is 9.63. The van der Waals surface area contributed by atoms with Crippen molar-refractivity contribution in [2.75, 3.05) is 13.2 Å². The summed E-state index contributed by atoms with van der Waals surface area (Å²) >= 11 is 0. The molecule has 4 atom stereocenters. The van der Waals surface area contributed by atoms with Gasteiger partial charge in [-0.15, -0.1) is 0 Å². The molecule has 0 heterocycles. The number of hydrogen-bond donors (Lipinski definition) is 1. The second-order valence-electron chi connectivity index (χ2n) is 4.22. The van der Waals surface area contributed by atoms with Gasteiger partial charge in [-0.1, -0.05) is 0 Å². The minimum atomic E-state index is -0.0193. The fraction of sp³-hybridized carbons (Fsp3) is 1.00. The fourth-order valence-corrected chi connectivity index (χ4v) is 2.92. The number of fused-ring (bicyclic) bond motifs is 2. The van der Waals surface area contributed by atoms with Gasteiger partial charge in [-0.25, -0.2) is 0 Å². The number of aliphatic hydroxyl groups is 1. The van der Waals surface area contributed by atoms with Crippen molar-refractivity contribution in [3.8, 4) is 0 Å². The van der Waals surface area contributed by atoms with Crippen molar-refractivity contribution in [2.45, 2.75) is 32.3 Å². The van der Waals surface area contributed by atoms with Gasteiger partial charge in [-0.05, 0) is 43.9 Å². The van der Waals surface area contributed by atoms with Gasteiger partial charge in [-0.3, -0.25) is 0 Å². The molecule has 2 fully saturated rings. The molecule has 70 valence electrons. The number of rotatable bonds is 3. The molecule has 0 aromatic heterocycles. The minimum Gasteiger partial charge on any atom is -0.393 e. The number of hydrogen-bond acceptors (Lipinski definition) is 2. The quantitative estimate of drug-likeness (QED) is 0.694. The van der Waals surface area contributed by atoms with Crippen LogP contribution in [0.4, 0.5) is 0 Å². The first kappa shape index (κ1) is 8.52. The predicted octanol–water partition coefficient (Wildman–Crippen LogP) is 1.43. The average Bonchev–Trinajstić information content (AvgIpc) is 2.58. The van der Waals surface area contributed by atoms with E-state index in [9.17, 15) is 5.11 Å². The maximum Gasteiger partial charge on any atom is 0.0574 e. The van der Waals surface area contributed by atoms with Crippen LogP contribution in [0.15, 0.2) is 0 Å². The molecule has 0 spiro atoms. The van der Waals surface area contributed by atoms with Crippen LogP contribution in [0.5, 0.6) is 0 Å². The third-order valence-electron chi connectivity index (χ3n) is 3.45. The van der Waals surface area contributed by atoms with E-state index < -0.39 is 0 Å². The first-order valence-corrected chi connectivity index (χ1v) is 5.07. The highest BCUT2D eigenvalue weighted by molar-refractivity contribution is 4.95. The number of ether oxygens (including phenoxy) is 1. The molecular weight excluding hydrogens is 152 g/mol. The zero-order valence-electron chi connectivity index (χ0n) is 7.70. The second kappa shape index (κ2) is 3.35. The zero-order chi connectivity index (χ0) is 8.55. The van der Waals surface area contributed by atoms with Gasteiger partial charge in [-0.2, -0.15) is 0 Å². The second-order valence-corrected chi connectivity index (χ2v) is 4.22. The Morgan fingerprint density at radius 3 is 2.75 bits per heavy atom. The van der Waals surface area contributed by atoms with Gasteiger partial charge in [0, 0.05) is 13.2 Å². The van der Waals surface area contributed by atoms with Crippen LogP contribution in [0, 0.1) is 17.8 Å². The van der Waals surface area contributed by atoms with E-state index in [1.807, 2.05) is 6.92 Å². The highest BCUT2D eigenvalue weighted by Crippen LogP contribution is 2.48. The summed E-state index contributed by atoms with van der Waals surface area (Å²) in [6.45, 7) is 3.71. The Labute approximate surface area is 73.9 Å². The predicted molar refractivity (Wildman–Crippen MR) is 46.8 cm³/mol. The van der Waals surface area contributed by atoms with Crippen LogP contribution in [-0.2, 0) is 4.74 Å². The first-order valence-electron chi connectivity index (χ1n) is 5.07. The van der Waals surface area contributed by atoms with Crippen LogP contribution in [-0.4, -0.2) is 24.4 Å². The van der Waals surface area contributed by atoms with Gasteiger partial charge in [0.2, 0.25) is 0 Å². The molecule has 0 saturated heterocycles. The molecule has 0 radical (unpaired) electrons. The van der Waals surface area contributed by atoms with E-state index in [1.54, 1.807) is 0 Å². The lowest BCUT2D eigenvalue weighted by atomic mass is 9.87. The summed E-state index contributed by atoms with van der Waals surface area (Å²) in [7, 11) is 0. The molecule has 0 aliphatic heterocycles. The fourth-order valence-electron chi connectivity index (χ4n) is 2.92. The molecule has 0 aromatic rings. The molecule has 1 N–H and O–H groups in total. The van der Waals surface area contributed by atoms with Crippen LogP contribution in [0.2, 0.25) is 0 Å². The van der Waals surface area contributed by atoms with Crippen molar-refractivity contribution in [1.82, 2.24) is 0 Å². The Hall–Kier alpha value is -0.0800. The summed E-state index contributed by atoms with van der Waals surface area (Å²) < 4.78 is 5.41. The van der Waals surface area contributed by atoms with E-state index in [2.05, 4.69) is 0 Å². The molecular formula is C10H18O2. The molecule has 2 rings (SSSR count). The third-order valence-corrected chi connectivity index (χ3v) is 3.45. The summed E-state index contributed by atoms with van der Waals surface area (Å²) in [6.07, 6.45) is 3.57. The summed E-state index contributed by atoms with van der Waals surface area (Å²) in [4.78, 5) is 0. The number of aliphatic hydroxyl groups excluding tert-OH is 1. The summed E-state index contributed by atoms with van der Waals surface area (Å²) in [6, 6.07) is 0. The largest absolute Gasteiger partial charge is 0.393 e. The molecule has 2 aliphatic rings. The van der Waals surface area contributed by atoms with Gasteiger partial charge in [0.05, 0.1) is 6.10 Å². The Morgan fingerprint density at radius 2 is 2.17 bits per heavy atom. The van der Waals surface area contributed by atoms with E-state index in [-0.39, 0.29) is 6.10 Å². The summed E-state index contributed by atoms with van der Waals surface area (Å²) in [5.41, 5.74) is 0. The lowest BCUT2D eigenvalue weighted by molar-refractivity contribution is 0.0299. The highest BCUT2D eigenvalue weighted by atomic mass is 16.5. The Balaban J connectivity index is 1.85. The topological polar surface area (TPSA) is 29.5 Å². The molecule has 0 amide bonds. The Kier molecular flexibility index (Phi) is 2.37. The van der Waals surface area contributed by atoms with Crippen molar-refractivity contribution in [1.29, 1.82) is 0 Å². The molecule has 2 saturated carbocycles. The van der Waals surface area contributed by atoms with Crippen LogP contribution in [0.3, 0.4) is 0 Å². The van der Waals surface area contributed by atoms with E-state index >= 15 is 0 Å². The SMILES string of the molecule is CCOCC1CC2CC(O)C1C2. The van der Waals surface area contributed by atoms with Crippen molar-refractivity contribution in [3.63, 3.8) is 0 Å². The van der Waals surface area contributed by atoms with Crippen LogP contribution < -0.4 is 0 Å². The molecule has 0 aromatic carbocycles. The van der Waals surface area contributed by atoms with Gasteiger partial charge in [0.15, 0.2) is 0 Å². The van der Waals surface area contributed by atoms with Crippen LogP contribution in [0.25, 0.3) is 0 Å². The molecule has 12 heavy (non-hydrogen) atoms. The third kappa shape index (κ3) is 1.38. The molecule has 2 aliphatic carbocycles. The molecule has 2 nitrogen and oxygen atoms in total. The van der Waals surface area contributed by atoms with Crippen molar-refractivity contribution in [3.05, 3.63) is 0 Å². The van der Waals surface area contributed by atoms with Crippen molar-refractivity contribution < 1.29 is 9.84 Å². The lowest BCUT2D eigenvalue weighted by Gasteiger charge is -2.25. The zero-order valence-corrected chi connectivity index (χ0v) is 7.70. The average molecular weight is 170 g/mol. The first-order chi connectivity index (χ1) is 5.81. The smallest absolute Gasteiger partial charge is 0.0574 e. The standard InChI is InChI=1S/C10H18O2/c1-2-12-6-8-3-7-4-9(8)10(11)5-7/h7-11H,2-6H2,1H3. The van der Waals surface area contributed by atoms with Crippen LogP contribution in [0.1, 0.15) is 26.2 Å². The maximum absolute atomic E-state index is 9.63. The van der Waals surface area contributed by atoms with Gasteiger partial charge < -0.3 is 9.84 Å². The lowest BCUT2D eigenvalue weighted by Crippen LogP contribution is -2.27. The van der Waals surface area contributed by atoms with Crippen LogP contribution >= 0.6 is 0 Å². The van der Waals surface area contributed by atoms with E-state index in [0.717, 1.165) is 25.6 Å². The molecule has 2 heteroatoms. The van der Waals surface area contributed by atoms with Crippen molar-refractivity contribution >= 4 is 0 Å².